The molecule has 0 atom stereocenters. The Hall–Kier alpha value is -1.65. The van der Waals surface area contributed by atoms with Gasteiger partial charge in [-0.05, 0) is 23.6 Å². The largest absolute Gasteiger partial charge is 0.339 e. The van der Waals surface area contributed by atoms with E-state index in [1.54, 1.807) is 22.0 Å². The molecule has 10 heteroatoms. The van der Waals surface area contributed by atoms with E-state index in [0.717, 1.165) is 24.0 Å². The number of thiophene rings is 2. The highest BCUT2D eigenvalue weighted by Crippen LogP contribution is 2.24. The third-order valence-electron chi connectivity index (χ3n) is 4.90. The molecule has 0 unspecified atom stereocenters. The number of amides is 1. The van der Waals surface area contributed by atoms with Crippen LogP contribution in [0.3, 0.4) is 0 Å². The van der Waals surface area contributed by atoms with Gasteiger partial charge in [-0.3, -0.25) is 19.1 Å². The summed E-state index contributed by atoms with van der Waals surface area (Å²) in [5.74, 6) is 0.336. The lowest BCUT2D eigenvalue weighted by Gasteiger charge is -2.34. The van der Waals surface area contributed by atoms with E-state index in [0.29, 0.717) is 35.0 Å². The molecule has 158 valence electrons. The molecular weight excluding hydrogens is 460 g/mol. The normalized spacial score (nSPS) is 15.0. The lowest BCUT2D eigenvalue weighted by molar-refractivity contribution is -0.130. The Morgan fingerprint density at radius 2 is 2.07 bits per heavy atom. The summed E-state index contributed by atoms with van der Waals surface area (Å²) in [6, 6.07) is 5.82. The molecule has 0 aromatic carbocycles. The summed E-state index contributed by atoms with van der Waals surface area (Å²) in [7, 11) is 0. The Balaban J connectivity index is 1.35. The van der Waals surface area contributed by atoms with Crippen molar-refractivity contribution in [2.45, 2.75) is 18.2 Å². The fourth-order valence-corrected chi connectivity index (χ4v) is 6.17. The summed E-state index contributed by atoms with van der Waals surface area (Å²) >= 11 is 10.3. The molecule has 0 bridgehead atoms. The van der Waals surface area contributed by atoms with Crippen molar-refractivity contribution < 1.29 is 4.79 Å². The Bertz CT molecular complexity index is 1110. The number of piperazine rings is 1. The van der Waals surface area contributed by atoms with Crippen molar-refractivity contribution in [3.8, 4) is 0 Å². The number of halogens is 1. The van der Waals surface area contributed by atoms with Crippen LogP contribution in [0, 0.1) is 0 Å². The SMILES string of the molecule is C=CCn1c(SCC(=O)N2CCN(Cc3ccc(Cl)s3)CC2)nc2ccsc2c1=O. The summed E-state index contributed by atoms with van der Waals surface area (Å²) in [4.78, 5) is 35.5. The number of thioether (sulfide) groups is 1. The number of carbonyl (C=O) groups is 1. The Morgan fingerprint density at radius 3 is 2.77 bits per heavy atom. The molecule has 0 spiro atoms. The van der Waals surface area contributed by atoms with Crippen molar-refractivity contribution in [1.29, 1.82) is 0 Å². The lowest BCUT2D eigenvalue weighted by Crippen LogP contribution is -2.48. The first-order valence-electron chi connectivity index (χ1n) is 9.51. The van der Waals surface area contributed by atoms with E-state index < -0.39 is 0 Å². The maximum Gasteiger partial charge on any atom is 0.272 e. The number of aromatic nitrogens is 2. The molecule has 1 fully saturated rings. The smallest absolute Gasteiger partial charge is 0.272 e. The van der Waals surface area contributed by atoms with Gasteiger partial charge < -0.3 is 4.90 Å². The van der Waals surface area contributed by atoms with E-state index in [9.17, 15) is 9.59 Å². The summed E-state index contributed by atoms with van der Waals surface area (Å²) in [6.07, 6.45) is 1.67. The van der Waals surface area contributed by atoms with Crippen LogP contribution < -0.4 is 5.56 Å². The molecule has 0 saturated carbocycles. The Kier molecular flexibility index (Phi) is 6.94. The monoisotopic (exact) mass is 480 g/mol. The fraction of sp³-hybridized carbons (Fsp3) is 0.350. The summed E-state index contributed by atoms with van der Waals surface area (Å²) in [5.41, 5.74) is 0.606. The first kappa shape index (κ1) is 21.6. The molecule has 1 amide bonds. The molecule has 1 aliphatic rings. The third kappa shape index (κ3) is 4.81. The predicted molar refractivity (Wildman–Crippen MR) is 126 cm³/mol. The number of rotatable bonds is 7. The van der Waals surface area contributed by atoms with Gasteiger partial charge in [0.05, 0.1) is 15.6 Å². The minimum Gasteiger partial charge on any atom is -0.339 e. The second-order valence-corrected chi connectivity index (χ2v) is 10.5. The van der Waals surface area contributed by atoms with Gasteiger partial charge in [0.25, 0.3) is 5.56 Å². The van der Waals surface area contributed by atoms with Gasteiger partial charge in [-0.1, -0.05) is 29.4 Å². The first-order chi connectivity index (χ1) is 14.5. The van der Waals surface area contributed by atoms with Gasteiger partial charge in [-0.15, -0.1) is 29.3 Å². The van der Waals surface area contributed by atoms with Crippen LogP contribution >= 0.6 is 46.0 Å². The molecule has 4 rings (SSSR count). The van der Waals surface area contributed by atoms with E-state index in [-0.39, 0.29) is 17.2 Å². The van der Waals surface area contributed by atoms with Crippen LogP contribution in [0.5, 0.6) is 0 Å². The van der Waals surface area contributed by atoms with Crippen LogP contribution in [0.1, 0.15) is 4.88 Å². The summed E-state index contributed by atoms with van der Waals surface area (Å²) in [6.45, 7) is 8.06. The molecule has 30 heavy (non-hydrogen) atoms. The maximum atomic E-state index is 12.7. The lowest BCUT2D eigenvalue weighted by atomic mass is 10.3. The van der Waals surface area contributed by atoms with Gasteiger partial charge in [-0.2, -0.15) is 0 Å². The highest BCUT2D eigenvalue weighted by Gasteiger charge is 2.22. The van der Waals surface area contributed by atoms with Crippen molar-refractivity contribution in [3.05, 3.63) is 55.8 Å². The van der Waals surface area contributed by atoms with Gasteiger partial charge in [0.15, 0.2) is 5.16 Å². The van der Waals surface area contributed by atoms with Crippen molar-refractivity contribution in [2.24, 2.45) is 0 Å². The number of hydrogen-bond acceptors (Lipinski definition) is 7. The molecular formula is C20H21ClN4O2S3. The highest BCUT2D eigenvalue weighted by molar-refractivity contribution is 7.99. The Labute approximate surface area is 191 Å². The quantitative estimate of drug-likeness (QED) is 0.292. The average Bonchev–Trinajstić information content (AvgIpc) is 3.38. The van der Waals surface area contributed by atoms with Gasteiger partial charge in [-0.25, -0.2) is 4.98 Å². The minimum atomic E-state index is -0.0767. The number of allylic oxidation sites excluding steroid dienone is 1. The zero-order valence-electron chi connectivity index (χ0n) is 16.3. The molecule has 6 nitrogen and oxygen atoms in total. The molecule has 1 saturated heterocycles. The first-order valence-corrected chi connectivity index (χ1v) is 12.6. The van der Waals surface area contributed by atoms with Crippen molar-refractivity contribution >= 4 is 62.2 Å². The molecule has 3 aromatic heterocycles. The highest BCUT2D eigenvalue weighted by atomic mass is 35.5. The Morgan fingerprint density at radius 1 is 1.27 bits per heavy atom. The number of nitrogens with zero attached hydrogens (tertiary/aromatic N) is 4. The van der Waals surface area contributed by atoms with E-state index in [4.69, 9.17) is 11.6 Å². The summed E-state index contributed by atoms with van der Waals surface area (Å²) < 4.78 is 3.03. The molecule has 4 heterocycles. The maximum absolute atomic E-state index is 12.7. The predicted octanol–water partition coefficient (Wildman–Crippen LogP) is 3.80. The van der Waals surface area contributed by atoms with Crippen LogP contribution in [0.2, 0.25) is 4.34 Å². The van der Waals surface area contributed by atoms with Gasteiger partial charge in [0.2, 0.25) is 5.91 Å². The second kappa shape index (κ2) is 9.65. The number of hydrogen-bond donors (Lipinski definition) is 0. The second-order valence-electron chi connectivity index (χ2n) is 6.89. The van der Waals surface area contributed by atoms with Gasteiger partial charge >= 0.3 is 0 Å². The van der Waals surface area contributed by atoms with E-state index in [1.807, 2.05) is 22.4 Å². The zero-order chi connectivity index (χ0) is 21.1. The zero-order valence-corrected chi connectivity index (χ0v) is 19.5. The van der Waals surface area contributed by atoms with Crippen LogP contribution in [-0.4, -0.2) is 57.2 Å². The number of fused-ring (bicyclic) bond motifs is 1. The fourth-order valence-electron chi connectivity index (χ4n) is 3.35. The minimum absolute atomic E-state index is 0.0728. The van der Waals surface area contributed by atoms with E-state index in [1.165, 1.54) is 28.0 Å². The van der Waals surface area contributed by atoms with Crippen molar-refractivity contribution in [1.82, 2.24) is 19.4 Å². The number of carbonyl (C=O) groups excluding carboxylic acids is 1. The van der Waals surface area contributed by atoms with Crippen LogP contribution in [-0.2, 0) is 17.9 Å². The molecule has 1 aliphatic heterocycles. The van der Waals surface area contributed by atoms with Crippen molar-refractivity contribution in [2.75, 3.05) is 31.9 Å². The molecule has 0 N–H and O–H groups in total. The van der Waals surface area contributed by atoms with Crippen LogP contribution in [0.15, 0.2) is 46.2 Å². The molecule has 0 aliphatic carbocycles. The molecule has 0 radical (unpaired) electrons. The third-order valence-corrected chi connectivity index (χ3v) is 7.97. The summed E-state index contributed by atoms with van der Waals surface area (Å²) in [5, 5.41) is 2.42. The van der Waals surface area contributed by atoms with Crippen LogP contribution in [0.25, 0.3) is 10.2 Å². The van der Waals surface area contributed by atoms with E-state index >= 15 is 0 Å². The van der Waals surface area contributed by atoms with Gasteiger partial charge in [0, 0.05) is 44.1 Å². The van der Waals surface area contributed by atoms with Crippen molar-refractivity contribution in [3.63, 3.8) is 0 Å². The topological polar surface area (TPSA) is 58.4 Å². The average molecular weight is 481 g/mol. The van der Waals surface area contributed by atoms with E-state index in [2.05, 4.69) is 22.5 Å². The van der Waals surface area contributed by atoms with Crippen LogP contribution in [0.4, 0.5) is 0 Å². The molecule has 3 aromatic rings. The van der Waals surface area contributed by atoms with Gasteiger partial charge in [0.1, 0.15) is 4.70 Å². The standard InChI is InChI=1S/C20H21ClN4O2S3/c1-2-6-25-19(27)18-15(5-11-28-18)22-20(25)29-13-17(26)24-9-7-23(8-10-24)12-14-3-4-16(21)30-14/h2-5,11H,1,6-10,12-13H2.